The van der Waals surface area contributed by atoms with Gasteiger partial charge in [-0.15, -0.1) is 0 Å². The molecule has 0 saturated carbocycles. The van der Waals surface area contributed by atoms with Gasteiger partial charge in [-0.25, -0.2) is 14.5 Å². The number of amides is 1. The van der Waals surface area contributed by atoms with Gasteiger partial charge in [0, 0.05) is 25.7 Å². The van der Waals surface area contributed by atoms with Crippen molar-refractivity contribution in [1.29, 1.82) is 0 Å². The first kappa shape index (κ1) is 29.3. The number of carbonyl (C=O) groups excluding carboxylic acids is 1. The molecule has 2 aromatic heterocycles. The fourth-order valence-corrected chi connectivity index (χ4v) is 4.51. The molecule has 1 amide bonds. The molecule has 11 heteroatoms. The van der Waals surface area contributed by atoms with Gasteiger partial charge in [0.2, 0.25) is 11.9 Å². The van der Waals surface area contributed by atoms with Gasteiger partial charge in [-0.2, -0.15) is 5.10 Å². The molecule has 0 radical (unpaired) electrons. The molecule has 5 aromatic rings. The number of carbonyl (C=O) groups is 2. The van der Waals surface area contributed by atoms with Crippen LogP contribution in [-0.4, -0.2) is 55.3 Å². The first-order chi connectivity index (χ1) is 19.2. The number of hydrogen-bond acceptors (Lipinski definition) is 6. The van der Waals surface area contributed by atoms with E-state index in [2.05, 4.69) is 10.1 Å². The Morgan fingerprint density at radius 1 is 0.927 bits per heavy atom. The van der Waals surface area contributed by atoms with Crippen molar-refractivity contribution in [2.24, 2.45) is 0 Å². The number of benzene rings is 3. The van der Waals surface area contributed by atoms with E-state index in [9.17, 15) is 19.5 Å². The molecule has 0 bridgehead atoms. The SMILES string of the molecule is CN(C)C(=O)Cc1ccc2c(c1)nc(N)n2Cc1cccc(-c2ccc(=O)n(Cc3cccc(C(=O)O)c3)n2)c1.[H-].[Li+]. The number of likely N-dealkylation sites (N-methyl/N-ethyl adjacent to an activating group) is 1. The van der Waals surface area contributed by atoms with Crippen molar-refractivity contribution in [3.05, 3.63) is 111 Å². The largest absolute Gasteiger partial charge is 1.00 e. The van der Waals surface area contributed by atoms with Crippen molar-refractivity contribution in [2.75, 3.05) is 19.8 Å². The van der Waals surface area contributed by atoms with Gasteiger partial charge in [0.15, 0.2) is 0 Å². The summed E-state index contributed by atoms with van der Waals surface area (Å²) in [5.41, 5.74) is 11.6. The molecule has 0 aliphatic rings. The van der Waals surface area contributed by atoms with E-state index in [1.54, 1.807) is 37.2 Å². The molecule has 5 rings (SSSR count). The zero-order chi connectivity index (χ0) is 28.4. The molecule has 3 aromatic carbocycles. The molecular weight excluding hydrogens is 515 g/mol. The van der Waals surface area contributed by atoms with Gasteiger partial charge in [-0.1, -0.05) is 36.4 Å². The van der Waals surface area contributed by atoms with Crippen molar-refractivity contribution in [1.82, 2.24) is 24.2 Å². The number of fused-ring (bicyclic) bond motifs is 1. The quantitative estimate of drug-likeness (QED) is 0.270. The number of aromatic carboxylic acids is 1. The van der Waals surface area contributed by atoms with Crippen LogP contribution in [0.15, 0.2) is 83.7 Å². The predicted molar refractivity (Wildman–Crippen MR) is 153 cm³/mol. The minimum atomic E-state index is -1.03. The van der Waals surface area contributed by atoms with Gasteiger partial charge in [0.1, 0.15) is 0 Å². The summed E-state index contributed by atoms with van der Waals surface area (Å²) in [4.78, 5) is 42.0. The van der Waals surface area contributed by atoms with Crippen LogP contribution in [0.5, 0.6) is 0 Å². The van der Waals surface area contributed by atoms with E-state index in [-0.39, 0.29) is 50.3 Å². The van der Waals surface area contributed by atoms with Crippen LogP contribution < -0.4 is 30.2 Å². The van der Waals surface area contributed by atoms with Crippen LogP contribution in [0.3, 0.4) is 0 Å². The number of nitrogen functional groups attached to an aromatic ring is 1. The van der Waals surface area contributed by atoms with E-state index < -0.39 is 5.97 Å². The van der Waals surface area contributed by atoms with Gasteiger partial charge in [0.05, 0.1) is 41.8 Å². The Bertz CT molecular complexity index is 1820. The van der Waals surface area contributed by atoms with Gasteiger partial charge in [-0.05, 0) is 53.1 Å². The third-order valence-electron chi connectivity index (χ3n) is 6.63. The summed E-state index contributed by atoms with van der Waals surface area (Å²) in [5.74, 6) is -0.650. The standard InChI is InChI=1S/C30H28N6O4.Li.H/c1-34(2)28(38)16-19-9-11-26-25(15-19)32-30(31)35(26)17-20-5-3-7-22(13-20)24-10-12-27(37)36(33-24)18-21-6-4-8-23(14-21)29(39)40;;/h3-15H,16-18H2,1-2H3,(H2,31,32)(H,39,40);;/q;+1;-1. The van der Waals surface area contributed by atoms with Crippen LogP contribution in [0.4, 0.5) is 5.95 Å². The normalized spacial score (nSPS) is 10.8. The monoisotopic (exact) mass is 544 g/mol. The van der Waals surface area contributed by atoms with Crippen LogP contribution in [0.25, 0.3) is 22.3 Å². The summed E-state index contributed by atoms with van der Waals surface area (Å²) in [5, 5.41) is 13.8. The van der Waals surface area contributed by atoms with Gasteiger partial charge in [0.25, 0.3) is 5.56 Å². The molecular formula is C30H29LiN6O4. The van der Waals surface area contributed by atoms with Gasteiger partial charge < -0.3 is 21.7 Å². The molecule has 0 aliphatic heterocycles. The Labute approximate surface area is 249 Å². The van der Waals surface area contributed by atoms with E-state index in [0.717, 1.165) is 27.7 Å². The molecule has 41 heavy (non-hydrogen) atoms. The fourth-order valence-electron chi connectivity index (χ4n) is 4.51. The van der Waals surface area contributed by atoms with Crippen molar-refractivity contribution in [3.8, 4) is 11.3 Å². The van der Waals surface area contributed by atoms with Crippen LogP contribution >= 0.6 is 0 Å². The average Bonchev–Trinajstić information content (AvgIpc) is 3.24. The second kappa shape index (κ2) is 12.2. The van der Waals surface area contributed by atoms with E-state index >= 15 is 0 Å². The van der Waals surface area contributed by atoms with Crippen molar-refractivity contribution in [2.45, 2.75) is 19.5 Å². The average molecular weight is 545 g/mol. The summed E-state index contributed by atoms with van der Waals surface area (Å²) in [6.07, 6.45) is 0.290. The van der Waals surface area contributed by atoms with Crippen LogP contribution in [-0.2, 0) is 24.3 Å². The maximum atomic E-state index is 12.5. The van der Waals surface area contributed by atoms with E-state index in [1.165, 1.54) is 22.9 Å². The molecule has 10 nitrogen and oxygen atoms in total. The van der Waals surface area contributed by atoms with Gasteiger partial charge >= 0.3 is 24.8 Å². The van der Waals surface area contributed by atoms with Crippen LogP contribution in [0.2, 0.25) is 0 Å². The van der Waals surface area contributed by atoms with E-state index in [0.29, 0.717) is 23.8 Å². The summed E-state index contributed by atoms with van der Waals surface area (Å²) in [7, 11) is 3.46. The summed E-state index contributed by atoms with van der Waals surface area (Å²) in [6.45, 7) is 0.612. The second-order valence-electron chi connectivity index (χ2n) is 9.76. The number of carboxylic acids is 1. The topological polar surface area (TPSA) is 136 Å². The Kier molecular flexibility index (Phi) is 8.76. The number of imidazole rings is 1. The Morgan fingerprint density at radius 3 is 2.39 bits per heavy atom. The van der Waals surface area contributed by atoms with Crippen LogP contribution in [0.1, 0.15) is 28.5 Å². The Morgan fingerprint density at radius 2 is 1.66 bits per heavy atom. The van der Waals surface area contributed by atoms with Crippen LogP contribution in [0, 0.1) is 0 Å². The number of nitrogens with two attached hydrogens (primary N) is 1. The summed E-state index contributed by atoms with van der Waals surface area (Å²) < 4.78 is 3.23. The molecule has 0 aliphatic carbocycles. The first-order valence-corrected chi connectivity index (χ1v) is 12.6. The van der Waals surface area contributed by atoms with E-state index in [4.69, 9.17) is 5.73 Å². The van der Waals surface area contributed by atoms with E-state index in [1.807, 2.05) is 47.0 Å². The maximum Gasteiger partial charge on any atom is 1.00 e. The third kappa shape index (κ3) is 6.57. The van der Waals surface area contributed by atoms with Crippen molar-refractivity contribution >= 4 is 28.9 Å². The molecule has 0 atom stereocenters. The first-order valence-electron chi connectivity index (χ1n) is 12.6. The number of carboxylic acid groups (broad SMARTS) is 1. The summed E-state index contributed by atoms with van der Waals surface area (Å²) >= 11 is 0. The Balaban J connectivity index is 0.00000242. The third-order valence-corrected chi connectivity index (χ3v) is 6.63. The molecule has 2 heterocycles. The maximum absolute atomic E-state index is 12.5. The predicted octanol–water partition coefficient (Wildman–Crippen LogP) is 0.384. The Hall–Kier alpha value is -4.65. The second-order valence-corrected chi connectivity index (χ2v) is 9.76. The number of anilines is 1. The van der Waals surface area contributed by atoms with Gasteiger partial charge in [-0.3, -0.25) is 9.59 Å². The minimum Gasteiger partial charge on any atom is -1.00 e. The molecule has 0 unspecified atom stereocenters. The smallest absolute Gasteiger partial charge is 1.00 e. The molecule has 0 saturated heterocycles. The number of hydrogen-bond donors (Lipinski definition) is 2. The molecule has 3 N–H and O–H groups in total. The van der Waals surface area contributed by atoms with Crippen molar-refractivity contribution < 1.29 is 35.0 Å². The fraction of sp³-hybridized carbons (Fsp3) is 0.167. The number of aromatic nitrogens is 4. The van der Waals surface area contributed by atoms with Crippen molar-refractivity contribution in [3.63, 3.8) is 0 Å². The molecule has 0 fully saturated rings. The number of rotatable bonds is 8. The zero-order valence-electron chi connectivity index (χ0n) is 24.1. The summed E-state index contributed by atoms with van der Waals surface area (Å²) in [6, 6.07) is 23.1. The zero-order valence-corrected chi connectivity index (χ0v) is 23.1. The molecule has 204 valence electrons. The number of nitrogens with zero attached hydrogens (tertiary/aromatic N) is 5. The minimum absolute atomic E-state index is 0. The molecule has 0 spiro atoms.